The van der Waals surface area contributed by atoms with Crippen LogP contribution in [0.25, 0.3) is 39.5 Å². The van der Waals surface area contributed by atoms with E-state index in [1.54, 1.807) is 6.20 Å². The number of anilines is 1. The SMILES string of the molecule is CC(C)(C)[Si](C)(C)OCc1ccc(-n2c(-c3cccnc3N)nc3ccc(-c4ccc(OC5CC5)nc4)nc32)cc1. The first-order valence-corrected chi connectivity index (χ1v) is 17.0. The van der Waals surface area contributed by atoms with E-state index in [9.17, 15) is 0 Å². The number of hydrogen-bond donors (Lipinski definition) is 1. The lowest BCUT2D eigenvalue weighted by molar-refractivity contribution is 0.276. The molecule has 1 saturated carbocycles. The second-order valence-corrected chi connectivity index (χ2v) is 17.0. The molecular weight excluding hydrogens is 528 g/mol. The highest BCUT2D eigenvalue weighted by Gasteiger charge is 2.37. The Morgan fingerprint density at radius 2 is 1.73 bits per heavy atom. The molecule has 0 aliphatic heterocycles. The number of hydrogen-bond acceptors (Lipinski definition) is 7. The summed E-state index contributed by atoms with van der Waals surface area (Å²) in [6.07, 6.45) is 5.99. The fourth-order valence-corrected chi connectivity index (χ4v) is 5.29. The van der Waals surface area contributed by atoms with E-state index in [0.29, 0.717) is 30.2 Å². The molecular formula is C32H36N6O2Si. The first-order valence-electron chi connectivity index (χ1n) is 14.1. The number of rotatable bonds is 8. The summed E-state index contributed by atoms with van der Waals surface area (Å²) in [6.45, 7) is 11.9. The molecule has 1 aromatic carbocycles. The zero-order valence-electron chi connectivity index (χ0n) is 24.3. The third kappa shape index (κ3) is 5.60. The van der Waals surface area contributed by atoms with Crippen molar-refractivity contribution in [3.05, 3.63) is 78.6 Å². The van der Waals surface area contributed by atoms with Gasteiger partial charge < -0.3 is 14.9 Å². The largest absolute Gasteiger partial charge is 0.474 e. The molecule has 1 fully saturated rings. The van der Waals surface area contributed by atoms with E-state index in [1.807, 2.05) is 47.2 Å². The van der Waals surface area contributed by atoms with Crippen LogP contribution in [0.15, 0.2) is 73.1 Å². The van der Waals surface area contributed by atoms with Crippen molar-refractivity contribution >= 4 is 25.3 Å². The molecule has 4 heterocycles. The molecule has 6 rings (SSSR count). The van der Waals surface area contributed by atoms with E-state index in [1.165, 1.54) is 0 Å². The lowest BCUT2D eigenvalue weighted by Gasteiger charge is -2.36. The number of imidazole rings is 1. The van der Waals surface area contributed by atoms with Gasteiger partial charge >= 0.3 is 0 Å². The van der Waals surface area contributed by atoms with Crippen molar-refractivity contribution in [1.82, 2.24) is 24.5 Å². The summed E-state index contributed by atoms with van der Waals surface area (Å²) in [4.78, 5) is 18.8. The molecule has 210 valence electrons. The number of ether oxygens (including phenoxy) is 1. The highest BCUT2D eigenvalue weighted by atomic mass is 28.4. The van der Waals surface area contributed by atoms with Crippen LogP contribution < -0.4 is 10.5 Å². The van der Waals surface area contributed by atoms with Crippen molar-refractivity contribution in [2.45, 2.75) is 64.5 Å². The quantitative estimate of drug-likeness (QED) is 0.199. The summed E-state index contributed by atoms with van der Waals surface area (Å²) in [5.74, 6) is 1.75. The lowest BCUT2D eigenvalue weighted by atomic mass is 10.2. The summed E-state index contributed by atoms with van der Waals surface area (Å²) < 4.78 is 14.3. The molecule has 0 bridgehead atoms. The Labute approximate surface area is 241 Å². The molecule has 0 atom stereocenters. The van der Waals surface area contributed by atoms with Crippen LogP contribution in [0.3, 0.4) is 0 Å². The van der Waals surface area contributed by atoms with Gasteiger partial charge in [0, 0.05) is 29.7 Å². The lowest BCUT2D eigenvalue weighted by Crippen LogP contribution is -2.40. The molecule has 1 aliphatic rings. The number of nitrogens with zero attached hydrogens (tertiary/aromatic N) is 5. The van der Waals surface area contributed by atoms with Gasteiger partial charge in [-0.1, -0.05) is 32.9 Å². The molecule has 9 heteroatoms. The minimum Gasteiger partial charge on any atom is -0.474 e. The molecule has 2 N–H and O–H groups in total. The van der Waals surface area contributed by atoms with Gasteiger partial charge in [0.05, 0.1) is 17.9 Å². The van der Waals surface area contributed by atoms with Crippen LogP contribution in [0.4, 0.5) is 5.82 Å². The molecule has 4 aromatic heterocycles. The standard InChI is InChI=1S/C32H36N6O2Si/c1-32(2,3)41(4,5)39-20-21-8-11-23(12-9-21)38-30(25-7-6-18-34-29(25)33)37-27-16-15-26(36-31(27)38)22-10-17-28(35-19-22)40-24-13-14-24/h6-12,15-19,24H,13-14,20H2,1-5H3,(H2,33,34). The van der Waals surface area contributed by atoms with E-state index < -0.39 is 8.32 Å². The van der Waals surface area contributed by atoms with Crippen molar-refractivity contribution in [1.29, 1.82) is 0 Å². The predicted octanol–water partition coefficient (Wildman–Crippen LogP) is 7.19. The van der Waals surface area contributed by atoms with Gasteiger partial charge in [0.15, 0.2) is 19.8 Å². The highest BCUT2D eigenvalue weighted by Crippen LogP contribution is 2.37. The van der Waals surface area contributed by atoms with Gasteiger partial charge in [-0.2, -0.15) is 0 Å². The maximum atomic E-state index is 6.45. The molecule has 5 aromatic rings. The summed E-state index contributed by atoms with van der Waals surface area (Å²) in [7, 11) is -1.86. The third-order valence-electron chi connectivity index (χ3n) is 8.03. The van der Waals surface area contributed by atoms with Gasteiger partial charge in [-0.25, -0.2) is 19.9 Å². The maximum absolute atomic E-state index is 6.45. The molecule has 0 spiro atoms. The molecule has 1 aliphatic carbocycles. The van der Waals surface area contributed by atoms with Crippen LogP contribution in [-0.4, -0.2) is 38.9 Å². The second-order valence-electron chi connectivity index (χ2n) is 12.2. The number of aromatic nitrogens is 5. The van der Waals surface area contributed by atoms with E-state index in [0.717, 1.165) is 52.1 Å². The summed E-state index contributed by atoms with van der Waals surface area (Å²) in [5, 5.41) is 0.157. The Morgan fingerprint density at radius 3 is 2.39 bits per heavy atom. The topological polar surface area (TPSA) is 101 Å². The van der Waals surface area contributed by atoms with Crippen LogP contribution in [0, 0.1) is 0 Å². The van der Waals surface area contributed by atoms with Gasteiger partial charge in [-0.05, 0) is 79.0 Å². The molecule has 0 unspecified atom stereocenters. The molecule has 8 nitrogen and oxygen atoms in total. The summed E-state index contributed by atoms with van der Waals surface area (Å²) in [6, 6.07) is 20.0. The maximum Gasteiger partial charge on any atom is 0.213 e. The predicted molar refractivity (Wildman–Crippen MR) is 165 cm³/mol. The monoisotopic (exact) mass is 564 g/mol. The van der Waals surface area contributed by atoms with E-state index in [4.69, 9.17) is 24.9 Å². The number of benzene rings is 1. The van der Waals surface area contributed by atoms with E-state index >= 15 is 0 Å². The van der Waals surface area contributed by atoms with Gasteiger partial charge in [0.25, 0.3) is 0 Å². The molecule has 0 radical (unpaired) electrons. The Hall–Kier alpha value is -4.08. The zero-order valence-corrected chi connectivity index (χ0v) is 25.3. The van der Waals surface area contributed by atoms with Crippen LogP contribution in [0.5, 0.6) is 5.88 Å². The van der Waals surface area contributed by atoms with Gasteiger partial charge in [-0.15, -0.1) is 0 Å². The van der Waals surface area contributed by atoms with Crippen LogP contribution in [-0.2, 0) is 11.0 Å². The Morgan fingerprint density at radius 1 is 0.951 bits per heavy atom. The average Bonchev–Trinajstić information content (AvgIpc) is 3.69. The normalized spacial score (nSPS) is 14.0. The minimum atomic E-state index is -1.86. The number of nitrogens with two attached hydrogens (primary N) is 1. The van der Waals surface area contributed by atoms with Crippen LogP contribution in [0.2, 0.25) is 18.1 Å². The van der Waals surface area contributed by atoms with Crippen molar-refractivity contribution in [2.24, 2.45) is 0 Å². The average molecular weight is 565 g/mol. The van der Waals surface area contributed by atoms with Gasteiger partial charge in [0.2, 0.25) is 5.88 Å². The first-order chi connectivity index (χ1) is 19.6. The smallest absolute Gasteiger partial charge is 0.213 e. The van der Waals surface area contributed by atoms with Crippen molar-refractivity contribution < 1.29 is 9.16 Å². The second kappa shape index (κ2) is 10.4. The highest BCUT2D eigenvalue weighted by molar-refractivity contribution is 6.74. The van der Waals surface area contributed by atoms with Gasteiger partial charge in [-0.3, -0.25) is 4.57 Å². The van der Waals surface area contributed by atoms with Gasteiger partial charge in [0.1, 0.15) is 17.4 Å². The number of nitrogen functional groups attached to an aromatic ring is 1. The van der Waals surface area contributed by atoms with E-state index in [-0.39, 0.29) is 5.04 Å². The fourth-order valence-electron chi connectivity index (χ4n) is 4.33. The Balaban J connectivity index is 1.39. The van der Waals surface area contributed by atoms with Crippen molar-refractivity contribution in [3.8, 4) is 34.2 Å². The minimum absolute atomic E-state index is 0.157. The number of pyridine rings is 3. The Kier molecular flexibility index (Phi) is 6.87. The molecule has 0 amide bonds. The van der Waals surface area contributed by atoms with Crippen molar-refractivity contribution in [2.75, 3.05) is 5.73 Å². The first kappa shape index (κ1) is 27.1. The zero-order chi connectivity index (χ0) is 28.8. The summed E-state index contributed by atoms with van der Waals surface area (Å²) >= 11 is 0. The fraction of sp³-hybridized carbons (Fsp3) is 0.312. The Bertz CT molecular complexity index is 1690. The summed E-state index contributed by atoms with van der Waals surface area (Å²) in [5.41, 5.74) is 12.3. The third-order valence-corrected chi connectivity index (χ3v) is 12.5. The number of fused-ring (bicyclic) bond motifs is 1. The van der Waals surface area contributed by atoms with Crippen LogP contribution in [0.1, 0.15) is 39.2 Å². The van der Waals surface area contributed by atoms with Crippen molar-refractivity contribution in [3.63, 3.8) is 0 Å². The molecule has 41 heavy (non-hydrogen) atoms. The van der Waals surface area contributed by atoms with Crippen LogP contribution >= 0.6 is 0 Å². The molecule has 0 saturated heterocycles. The van der Waals surface area contributed by atoms with E-state index in [2.05, 4.69) is 68.1 Å².